The lowest BCUT2D eigenvalue weighted by atomic mass is 10.2. The summed E-state index contributed by atoms with van der Waals surface area (Å²) in [5.41, 5.74) is 2.54. The highest BCUT2D eigenvalue weighted by atomic mass is 35.5. The molecule has 2 aromatic rings. The first-order chi connectivity index (χ1) is 9.65. The molecule has 8 heteroatoms. The minimum Gasteiger partial charge on any atom is -0.378 e. The third-order valence-corrected chi connectivity index (χ3v) is 3.79. The van der Waals surface area contributed by atoms with Crippen LogP contribution < -0.4 is 5.32 Å². The van der Waals surface area contributed by atoms with Gasteiger partial charge in [0.2, 0.25) is 0 Å². The molecular formula is C12H7Cl2FN4S. The van der Waals surface area contributed by atoms with Gasteiger partial charge in [0, 0.05) is 12.7 Å². The van der Waals surface area contributed by atoms with Crippen LogP contribution in [0, 0.1) is 5.82 Å². The van der Waals surface area contributed by atoms with Crippen molar-refractivity contribution in [3.05, 3.63) is 46.0 Å². The van der Waals surface area contributed by atoms with E-state index in [0.717, 1.165) is 17.6 Å². The normalized spacial score (nSPS) is 12.2. The molecule has 0 fully saturated rings. The molecule has 0 amide bonds. The van der Waals surface area contributed by atoms with Crippen molar-refractivity contribution in [2.45, 2.75) is 6.54 Å². The summed E-state index contributed by atoms with van der Waals surface area (Å²) in [5.74, 6) is -0.382. The summed E-state index contributed by atoms with van der Waals surface area (Å²) in [5, 5.41) is 4.02. The number of nitrogens with zero attached hydrogens (tertiary/aromatic N) is 3. The van der Waals surface area contributed by atoms with Gasteiger partial charge in [0.25, 0.3) is 0 Å². The number of hydrogen-bond donors (Lipinski definition) is 1. The summed E-state index contributed by atoms with van der Waals surface area (Å²) in [6, 6.07) is 3.01. The molecule has 102 valence electrons. The molecule has 1 N–H and O–H groups in total. The van der Waals surface area contributed by atoms with Gasteiger partial charge in [0.1, 0.15) is 17.2 Å². The summed E-state index contributed by atoms with van der Waals surface area (Å²) in [4.78, 5) is 3.79. The molecule has 1 aromatic heterocycles. The zero-order chi connectivity index (χ0) is 14.1. The monoisotopic (exact) mass is 328 g/mol. The Morgan fingerprint density at radius 1 is 1.10 bits per heavy atom. The molecule has 1 aliphatic heterocycles. The molecule has 20 heavy (non-hydrogen) atoms. The number of pyridine rings is 1. The number of hydrogen-bond acceptors (Lipinski definition) is 4. The number of benzene rings is 1. The van der Waals surface area contributed by atoms with Crippen molar-refractivity contribution in [1.82, 2.24) is 4.98 Å². The van der Waals surface area contributed by atoms with Gasteiger partial charge >= 0.3 is 0 Å². The second-order valence-corrected chi connectivity index (χ2v) is 5.38. The lowest BCUT2D eigenvalue weighted by molar-refractivity contribution is 0.619. The highest BCUT2D eigenvalue weighted by Gasteiger charge is 2.18. The summed E-state index contributed by atoms with van der Waals surface area (Å²) < 4.78 is 21.4. The van der Waals surface area contributed by atoms with Crippen LogP contribution in [0.2, 0.25) is 10.0 Å². The largest absolute Gasteiger partial charge is 0.378 e. The second-order valence-electron chi connectivity index (χ2n) is 4.04. The van der Waals surface area contributed by atoms with E-state index in [9.17, 15) is 4.39 Å². The van der Waals surface area contributed by atoms with E-state index in [0.29, 0.717) is 39.2 Å². The molecule has 4 nitrogen and oxygen atoms in total. The van der Waals surface area contributed by atoms with Crippen LogP contribution in [0.1, 0.15) is 5.56 Å². The van der Waals surface area contributed by atoms with E-state index >= 15 is 0 Å². The zero-order valence-corrected chi connectivity index (χ0v) is 12.2. The van der Waals surface area contributed by atoms with Crippen molar-refractivity contribution in [2.24, 2.45) is 8.73 Å². The second kappa shape index (κ2) is 5.47. The molecule has 3 rings (SSSR count). The van der Waals surface area contributed by atoms with Gasteiger partial charge in [-0.3, -0.25) is 4.98 Å². The van der Waals surface area contributed by atoms with Gasteiger partial charge in [-0.05, 0) is 17.7 Å². The van der Waals surface area contributed by atoms with Gasteiger partial charge < -0.3 is 5.32 Å². The number of aromatic nitrogens is 1. The molecule has 2 heterocycles. The fourth-order valence-corrected chi connectivity index (χ4v) is 2.96. The molecule has 0 bridgehead atoms. The molecule has 0 spiro atoms. The van der Waals surface area contributed by atoms with Gasteiger partial charge in [0.15, 0.2) is 0 Å². The van der Waals surface area contributed by atoms with Gasteiger partial charge in [-0.15, -0.1) is 0 Å². The maximum Gasteiger partial charge on any atom is 0.141 e. The maximum atomic E-state index is 13.1. The van der Waals surface area contributed by atoms with Crippen molar-refractivity contribution >= 4 is 51.6 Å². The number of nitrogens with one attached hydrogen (secondary N) is 1. The van der Waals surface area contributed by atoms with E-state index in [1.807, 2.05) is 0 Å². The SMILES string of the molecule is Fc1cncc(CNc2c(Cl)cc(Cl)c3c2N=S=N3)c1. The quantitative estimate of drug-likeness (QED) is 0.745. The predicted octanol–water partition coefficient (Wildman–Crippen LogP) is 4.87. The molecule has 1 aromatic carbocycles. The fourth-order valence-electron chi connectivity index (χ4n) is 1.79. The minimum absolute atomic E-state index is 0.374. The molecular weight excluding hydrogens is 322 g/mol. The standard InChI is InChI=1S/C12H7Cl2FN4S/c13-8-2-9(14)11-12(19-20-18-11)10(8)17-4-6-1-7(15)5-16-3-6/h1-3,5,17H,4H2. The van der Waals surface area contributed by atoms with E-state index in [-0.39, 0.29) is 5.82 Å². The average Bonchev–Trinajstić information content (AvgIpc) is 2.88. The molecule has 0 atom stereocenters. The van der Waals surface area contributed by atoms with Crippen LogP contribution in [0.5, 0.6) is 0 Å². The van der Waals surface area contributed by atoms with Gasteiger partial charge in [0.05, 0.1) is 33.3 Å². The Labute approximate surface area is 127 Å². The molecule has 0 radical (unpaired) electrons. The first-order valence-corrected chi connectivity index (χ1v) is 7.07. The zero-order valence-electron chi connectivity index (χ0n) is 9.90. The maximum absolute atomic E-state index is 13.1. The fraction of sp³-hybridized carbons (Fsp3) is 0.0833. The lowest BCUT2D eigenvalue weighted by Gasteiger charge is -2.12. The highest BCUT2D eigenvalue weighted by molar-refractivity contribution is 7.58. The van der Waals surface area contributed by atoms with Crippen molar-refractivity contribution in [3.63, 3.8) is 0 Å². The van der Waals surface area contributed by atoms with E-state index in [1.165, 1.54) is 6.07 Å². The minimum atomic E-state index is -0.382. The average molecular weight is 329 g/mol. The number of rotatable bonds is 3. The van der Waals surface area contributed by atoms with Gasteiger partial charge in [-0.2, -0.15) is 8.73 Å². The molecule has 0 saturated heterocycles. The summed E-state index contributed by atoms with van der Waals surface area (Å²) in [7, 11) is 0. The Balaban J connectivity index is 1.89. The van der Waals surface area contributed by atoms with Crippen molar-refractivity contribution in [1.29, 1.82) is 0 Å². The topological polar surface area (TPSA) is 49.6 Å². The van der Waals surface area contributed by atoms with Crippen molar-refractivity contribution < 1.29 is 4.39 Å². The van der Waals surface area contributed by atoms with Gasteiger partial charge in [-0.1, -0.05) is 23.2 Å². The van der Waals surface area contributed by atoms with E-state index < -0.39 is 0 Å². The third kappa shape index (κ3) is 2.54. The van der Waals surface area contributed by atoms with Gasteiger partial charge in [-0.25, -0.2) is 4.39 Å². The summed E-state index contributed by atoms with van der Waals surface area (Å²) in [6.07, 6.45) is 2.73. The summed E-state index contributed by atoms with van der Waals surface area (Å²) in [6.45, 7) is 0.374. The highest BCUT2D eigenvalue weighted by Crippen LogP contribution is 2.47. The van der Waals surface area contributed by atoms with Crippen LogP contribution in [-0.4, -0.2) is 4.98 Å². The summed E-state index contributed by atoms with van der Waals surface area (Å²) >= 11 is 13.3. The van der Waals surface area contributed by atoms with Crippen LogP contribution in [-0.2, 0) is 17.9 Å². The van der Waals surface area contributed by atoms with E-state index in [2.05, 4.69) is 19.0 Å². The van der Waals surface area contributed by atoms with Crippen LogP contribution in [0.3, 0.4) is 0 Å². The van der Waals surface area contributed by atoms with Crippen LogP contribution >= 0.6 is 23.2 Å². The van der Waals surface area contributed by atoms with E-state index in [4.69, 9.17) is 23.2 Å². The first kappa shape index (κ1) is 13.5. The van der Waals surface area contributed by atoms with Crippen molar-refractivity contribution in [3.8, 4) is 0 Å². The Morgan fingerprint density at radius 2 is 1.90 bits per heavy atom. The third-order valence-electron chi connectivity index (χ3n) is 2.67. The Bertz CT molecular complexity index is 759. The van der Waals surface area contributed by atoms with Crippen LogP contribution in [0.25, 0.3) is 0 Å². The smallest absolute Gasteiger partial charge is 0.141 e. The Morgan fingerprint density at radius 3 is 2.70 bits per heavy atom. The predicted molar refractivity (Wildman–Crippen MR) is 79.5 cm³/mol. The van der Waals surface area contributed by atoms with Crippen LogP contribution in [0.15, 0.2) is 33.3 Å². The van der Waals surface area contributed by atoms with E-state index in [1.54, 1.807) is 12.3 Å². The molecule has 0 saturated carbocycles. The number of fused-ring (bicyclic) bond motifs is 1. The van der Waals surface area contributed by atoms with Crippen LogP contribution in [0.4, 0.5) is 21.5 Å². The lowest BCUT2D eigenvalue weighted by Crippen LogP contribution is -2.01. The molecule has 1 aliphatic rings. The Kier molecular flexibility index (Phi) is 3.69. The Hall–Kier alpha value is -1.50. The molecule has 0 aliphatic carbocycles. The number of halogens is 3. The number of anilines is 1. The first-order valence-electron chi connectivity index (χ1n) is 5.58. The van der Waals surface area contributed by atoms with Crippen molar-refractivity contribution in [2.75, 3.05) is 5.32 Å². The molecule has 0 unspecified atom stereocenters.